The van der Waals surface area contributed by atoms with Gasteiger partial charge in [-0.25, -0.2) is 0 Å². The zero-order chi connectivity index (χ0) is 18.1. The highest BCUT2D eigenvalue weighted by molar-refractivity contribution is 5.93. The van der Waals surface area contributed by atoms with E-state index in [-0.39, 0.29) is 0 Å². The molecule has 0 aromatic heterocycles. The van der Waals surface area contributed by atoms with Gasteiger partial charge in [0.05, 0.1) is 14.2 Å². The van der Waals surface area contributed by atoms with Gasteiger partial charge in [0, 0.05) is 12.6 Å². The molecule has 2 aliphatic heterocycles. The summed E-state index contributed by atoms with van der Waals surface area (Å²) in [5.74, 6) is 1.81. The van der Waals surface area contributed by atoms with Gasteiger partial charge in [0.2, 0.25) is 0 Å². The van der Waals surface area contributed by atoms with E-state index in [9.17, 15) is 5.11 Å². The Morgan fingerprint density at radius 2 is 1.65 bits per heavy atom. The molecule has 0 amide bonds. The van der Waals surface area contributed by atoms with E-state index < -0.39 is 0 Å². The molecule has 26 heavy (non-hydrogen) atoms. The molecule has 136 valence electrons. The maximum absolute atomic E-state index is 9.66. The van der Waals surface area contributed by atoms with Crippen molar-refractivity contribution in [1.82, 2.24) is 4.90 Å². The normalized spacial score (nSPS) is 20.2. The van der Waals surface area contributed by atoms with Crippen molar-refractivity contribution < 1.29 is 14.6 Å². The molecular formula is C22H25NO3. The fourth-order valence-electron chi connectivity index (χ4n) is 4.24. The summed E-state index contributed by atoms with van der Waals surface area (Å²) in [6, 6.07) is 14.4. The van der Waals surface area contributed by atoms with Crippen molar-refractivity contribution in [3.8, 4) is 17.2 Å². The molecule has 0 radical (unpaired) electrons. The molecule has 1 saturated heterocycles. The van der Waals surface area contributed by atoms with Crippen LogP contribution in [0.5, 0.6) is 17.2 Å². The lowest BCUT2D eigenvalue weighted by Gasteiger charge is -2.34. The summed E-state index contributed by atoms with van der Waals surface area (Å²) < 4.78 is 10.9. The standard InChI is InChI=1S/C22H25NO3/c1-25-21-10-7-16(12-22(21)26-2)19-13-17-4-3-11-23(17)14-20(19)15-5-8-18(24)9-6-15/h5-10,12,17,24H,3-4,11,13-14H2,1-2H3/t17-/m0/s1. The largest absolute Gasteiger partial charge is 0.508 e. The third kappa shape index (κ3) is 3.06. The van der Waals surface area contributed by atoms with E-state index in [1.807, 2.05) is 18.2 Å². The molecule has 0 bridgehead atoms. The minimum absolute atomic E-state index is 0.303. The molecule has 0 spiro atoms. The van der Waals surface area contributed by atoms with Gasteiger partial charge in [-0.3, -0.25) is 4.90 Å². The first-order valence-corrected chi connectivity index (χ1v) is 9.17. The number of ether oxygens (including phenoxy) is 2. The molecule has 1 atom stereocenters. The zero-order valence-electron chi connectivity index (χ0n) is 15.4. The Balaban J connectivity index is 1.82. The minimum Gasteiger partial charge on any atom is -0.508 e. The molecule has 0 aliphatic carbocycles. The van der Waals surface area contributed by atoms with Crippen LogP contribution >= 0.6 is 0 Å². The van der Waals surface area contributed by atoms with Gasteiger partial charge in [-0.15, -0.1) is 0 Å². The van der Waals surface area contributed by atoms with Crippen LogP contribution in [0.3, 0.4) is 0 Å². The molecule has 0 saturated carbocycles. The van der Waals surface area contributed by atoms with Crippen molar-refractivity contribution in [3.63, 3.8) is 0 Å². The van der Waals surface area contributed by atoms with Crippen LogP contribution in [0.4, 0.5) is 0 Å². The number of fused-ring (bicyclic) bond motifs is 1. The lowest BCUT2D eigenvalue weighted by molar-refractivity contribution is 0.281. The first-order valence-electron chi connectivity index (χ1n) is 9.17. The van der Waals surface area contributed by atoms with Crippen molar-refractivity contribution in [1.29, 1.82) is 0 Å². The van der Waals surface area contributed by atoms with Crippen molar-refractivity contribution in [3.05, 3.63) is 53.6 Å². The van der Waals surface area contributed by atoms with Gasteiger partial charge < -0.3 is 14.6 Å². The van der Waals surface area contributed by atoms with Crippen LogP contribution in [-0.4, -0.2) is 43.4 Å². The maximum atomic E-state index is 9.66. The second kappa shape index (κ2) is 7.04. The lowest BCUT2D eigenvalue weighted by Crippen LogP contribution is -2.35. The highest BCUT2D eigenvalue weighted by Gasteiger charge is 2.32. The fourth-order valence-corrected chi connectivity index (χ4v) is 4.24. The molecule has 4 nitrogen and oxygen atoms in total. The Morgan fingerprint density at radius 3 is 2.38 bits per heavy atom. The second-order valence-corrected chi connectivity index (χ2v) is 7.04. The van der Waals surface area contributed by atoms with Crippen LogP contribution < -0.4 is 9.47 Å². The van der Waals surface area contributed by atoms with Crippen LogP contribution in [-0.2, 0) is 0 Å². The molecule has 2 aromatic carbocycles. The van der Waals surface area contributed by atoms with Crippen molar-refractivity contribution in [2.24, 2.45) is 0 Å². The number of hydrogen-bond acceptors (Lipinski definition) is 4. The van der Waals surface area contributed by atoms with Crippen molar-refractivity contribution in [2.75, 3.05) is 27.3 Å². The van der Waals surface area contributed by atoms with Gasteiger partial charge in [-0.1, -0.05) is 18.2 Å². The first kappa shape index (κ1) is 17.0. The summed E-state index contributed by atoms with van der Waals surface area (Å²) >= 11 is 0. The molecule has 1 N–H and O–H groups in total. The molecule has 4 heteroatoms. The van der Waals surface area contributed by atoms with Gasteiger partial charge in [0.15, 0.2) is 11.5 Å². The minimum atomic E-state index is 0.303. The highest BCUT2D eigenvalue weighted by Crippen LogP contribution is 2.41. The predicted octanol–water partition coefficient (Wildman–Crippen LogP) is 4.19. The number of phenols is 1. The summed E-state index contributed by atoms with van der Waals surface area (Å²) in [6.45, 7) is 2.13. The average Bonchev–Trinajstić information content (AvgIpc) is 3.14. The molecule has 2 heterocycles. The molecule has 2 aliphatic rings. The Morgan fingerprint density at radius 1 is 0.923 bits per heavy atom. The van der Waals surface area contributed by atoms with E-state index in [1.54, 1.807) is 26.4 Å². The highest BCUT2D eigenvalue weighted by atomic mass is 16.5. The van der Waals surface area contributed by atoms with Gasteiger partial charge in [-0.2, -0.15) is 0 Å². The first-order chi connectivity index (χ1) is 12.7. The second-order valence-electron chi connectivity index (χ2n) is 7.04. The van der Waals surface area contributed by atoms with E-state index in [0.29, 0.717) is 11.8 Å². The van der Waals surface area contributed by atoms with Crippen LogP contribution in [0.1, 0.15) is 30.4 Å². The Labute approximate surface area is 154 Å². The summed E-state index contributed by atoms with van der Waals surface area (Å²) in [5.41, 5.74) is 5.09. The van der Waals surface area contributed by atoms with Gasteiger partial charge in [0.1, 0.15) is 5.75 Å². The number of aromatic hydroxyl groups is 1. The summed E-state index contributed by atoms with van der Waals surface area (Å²) in [6.07, 6.45) is 3.58. The quantitative estimate of drug-likeness (QED) is 0.897. The Hall–Kier alpha value is -2.46. The van der Waals surface area contributed by atoms with E-state index in [4.69, 9.17) is 9.47 Å². The van der Waals surface area contributed by atoms with E-state index >= 15 is 0 Å². The molecule has 4 rings (SSSR count). The van der Waals surface area contributed by atoms with E-state index in [2.05, 4.69) is 17.0 Å². The number of nitrogens with zero attached hydrogens (tertiary/aromatic N) is 1. The molecule has 0 unspecified atom stereocenters. The number of methoxy groups -OCH3 is 2. The molecular weight excluding hydrogens is 326 g/mol. The van der Waals surface area contributed by atoms with Gasteiger partial charge >= 0.3 is 0 Å². The fraction of sp³-hybridized carbons (Fsp3) is 0.364. The topological polar surface area (TPSA) is 41.9 Å². The molecule has 2 aromatic rings. The number of rotatable bonds is 4. The lowest BCUT2D eigenvalue weighted by atomic mass is 9.86. The van der Waals surface area contributed by atoms with Crippen LogP contribution in [0.15, 0.2) is 42.5 Å². The summed E-state index contributed by atoms with van der Waals surface area (Å²) in [4.78, 5) is 2.59. The Bertz CT molecular complexity index is 826. The van der Waals surface area contributed by atoms with E-state index in [1.165, 1.54) is 41.7 Å². The maximum Gasteiger partial charge on any atom is 0.161 e. The van der Waals surface area contributed by atoms with Crippen molar-refractivity contribution in [2.45, 2.75) is 25.3 Å². The summed E-state index contributed by atoms with van der Waals surface area (Å²) in [5, 5.41) is 9.66. The summed E-state index contributed by atoms with van der Waals surface area (Å²) in [7, 11) is 3.34. The number of benzene rings is 2. The third-order valence-electron chi connectivity index (χ3n) is 5.61. The predicted molar refractivity (Wildman–Crippen MR) is 104 cm³/mol. The van der Waals surface area contributed by atoms with Crippen molar-refractivity contribution >= 4 is 11.1 Å². The van der Waals surface area contributed by atoms with E-state index in [0.717, 1.165) is 24.5 Å². The van der Waals surface area contributed by atoms with Crippen LogP contribution in [0, 0.1) is 0 Å². The average molecular weight is 351 g/mol. The monoisotopic (exact) mass is 351 g/mol. The Kier molecular flexibility index (Phi) is 4.60. The number of hydrogen-bond donors (Lipinski definition) is 1. The van der Waals surface area contributed by atoms with Crippen LogP contribution in [0.25, 0.3) is 11.1 Å². The smallest absolute Gasteiger partial charge is 0.161 e. The molecule has 1 fully saturated rings. The van der Waals surface area contributed by atoms with Gasteiger partial charge in [-0.05, 0) is 72.3 Å². The number of phenolic OH excluding ortho intramolecular Hbond substituents is 1. The van der Waals surface area contributed by atoms with Crippen LogP contribution in [0.2, 0.25) is 0 Å². The zero-order valence-corrected chi connectivity index (χ0v) is 15.4. The third-order valence-corrected chi connectivity index (χ3v) is 5.61. The SMILES string of the molecule is COc1ccc(C2=C(c3ccc(O)cc3)CN3CCC[C@H]3C2)cc1OC. The van der Waals surface area contributed by atoms with Gasteiger partial charge in [0.25, 0.3) is 0 Å².